The molecule has 0 spiro atoms. The van der Waals surface area contributed by atoms with Crippen LogP contribution in [-0.2, 0) is 0 Å². The summed E-state index contributed by atoms with van der Waals surface area (Å²) < 4.78 is 0. The Morgan fingerprint density at radius 3 is 2.64 bits per heavy atom. The van der Waals surface area contributed by atoms with Gasteiger partial charge in [0.25, 0.3) is 0 Å². The molecule has 0 aromatic carbocycles. The molecule has 1 aliphatic rings. The Bertz CT molecular complexity index is 219. The molecule has 0 N–H and O–H groups in total. The van der Waals surface area contributed by atoms with E-state index in [4.69, 9.17) is 0 Å². The summed E-state index contributed by atoms with van der Waals surface area (Å²) >= 11 is 0. The Morgan fingerprint density at radius 1 is 1.50 bits per heavy atom. The van der Waals surface area contributed by atoms with E-state index in [1.165, 1.54) is 25.8 Å². The van der Waals surface area contributed by atoms with E-state index in [1.54, 1.807) is 5.57 Å². The fraction of sp³-hybridized carbons (Fsp3) is 0.846. The summed E-state index contributed by atoms with van der Waals surface area (Å²) in [6.45, 7) is 10.6. The van der Waals surface area contributed by atoms with Crippen molar-refractivity contribution in [3.05, 3.63) is 11.6 Å². The van der Waals surface area contributed by atoms with Crippen LogP contribution in [0.4, 0.5) is 0 Å². The Labute approximate surface area is 89.2 Å². The first kappa shape index (κ1) is 11.8. The van der Waals surface area contributed by atoms with Crippen molar-refractivity contribution in [2.75, 3.05) is 13.6 Å². The van der Waals surface area contributed by atoms with Gasteiger partial charge >= 0.3 is 0 Å². The molecule has 1 rings (SSSR count). The lowest BCUT2D eigenvalue weighted by Gasteiger charge is -2.40. The van der Waals surface area contributed by atoms with Crippen LogP contribution in [0.5, 0.6) is 0 Å². The monoisotopic (exact) mass is 195 g/mol. The molecular weight excluding hydrogens is 170 g/mol. The van der Waals surface area contributed by atoms with E-state index in [0.29, 0.717) is 11.5 Å². The second kappa shape index (κ2) is 4.48. The molecule has 1 nitrogen and oxygen atoms in total. The lowest BCUT2D eigenvalue weighted by molar-refractivity contribution is 0.143. The van der Waals surface area contributed by atoms with Crippen LogP contribution < -0.4 is 0 Å². The van der Waals surface area contributed by atoms with Gasteiger partial charge in [-0.2, -0.15) is 0 Å². The van der Waals surface area contributed by atoms with Gasteiger partial charge in [-0.05, 0) is 33.2 Å². The number of hydrogen-bond acceptors (Lipinski definition) is 1. The Hall–Kier alpha value is -0.300. The van der Waals surface area contributed by atoms with Crippen LogP contribution in [0.25, 0.3) is 0 Å². The van der Waals surface area contributed by atoms with Crippen molar-refractivity contribution in [2.24, 2.45) is 5.41 Å². The molecule has 14 heavy (non-hydrogen) atoms. The van der Waals surface area contributed by atoms with Gasteiger partial charge in [0.05, 0.1) is 0 Å². The van der Waals surface area contributed by atoms with E-state index in [2.05, 4.69) is 45.7 Å². The van der Waals surface area contributed by atoms with Crippen molar-refractivity contribution >= 4 is 0 Å². The van der Waals surface area contributed by atoms with Crippen LogP contribution in [0.1, 0.15) is 47.0 Å². The fourth-order valence-electron chi connectivity index (χ4n) is 2.69. The topological polar surface area (TPSA) is 3.24 Å². The summed E-state index contributed by atoms with van der Waals surface area (Å²) in [6.07, 6.45) is 6.16. The van der Waals surface area contributed by atoms with Gasteiger partial charge in [0.1, 0.15) is 0 Å². The third kappa shape index (κ3) is 1.88. The number of rotatable bonds is 2. The van der Waals surface area contributed by atoms with E-state index in [-0.39, 0.29) is 0 Å². The molecule has 0 radical (unpaired) electrons. The minimum atomic E-state index is 0.389. The SMILES string of the molecule is CCC1=CCCN(C)C(C)[C@]1(C)CC. The minimum Gasteiger partial charge on any atom is -0.303 e. The standard InChI is InChI=1S/C13H25N/c1-6-12-9-8-10-14(5)11(3)13(12,4)7-2/h9,11H,6-8,10H2,1-5H3/t11?,13-/m0/s1. The van der Waals surface area contributed by atoms with Gasteiger partial charge in [-0.3, -0.25) is 0 Å². The highest BCUT2D eigenvalue weighted by Gasteiger charge is 2.35. The average molecular weight is 195 g/mol. The maximum Gasteiger partial charge on any atom is 0.0155 e. The van der Waals surface area contributed by atoms with Gasteiger partial charge in [-0.1, -0.05) is 32.4 Å². The predicted molar refractivity (Wildman–Crippen MR) is 63.5 cm³/mol. The molecular formula is C13H25N. The summed E-state index contributed by atoms with van der Waals surface area (Å²) in [6, 6.07) is 0.668. The van der Waals surface area contributed by atoms with E-state index < -0.39 is 0 Å². The van der Waals surface area contributed by atoms with Crippen molar-refractivity contribution < 1.29 is 0 Å². The molecule has 2 atom stereocenters. The molecule has 0 aromatic rings. The number of hydrogen-bond donors (Lipinski definition) is 0. The first-order valence-corrected chi connectivity index (χ1v) is 5.96. The van der Waals surface area contributed by atoms with Gasteiger partial charge in [-0.15, -0.1) is 0 Å². The fourth-order valence-corrected chi connectivity index (χ4v) is 2.69. The largest absolute Gasteiger partial charge is 0.303 e. The zero-order chi connectivity index (χ0) is 10.8. The van der Waals surface area contributed by atoms with Crippen LogP contribution in [0.15, 0.2) is 11.6 Å². The Kier molecular flexibility index (Phi) is 3.77. The maximum absolute atomic E-state index is 2.50. The van der Waals surface area contributed by atoms with Crippen molar-refractivity contribution in [1.82, 2.24) is 4.90 Å². The average Bonchev–Trinajstić information content (AvgIpc) is 2.30. The summed E-state index contributed by atoms with van der Waals surface area (Å²) in [5.41, 5.74) is 2.05. The molecule has 0 aromatic heterocycles. The van der Waals surface area contributed by atoms with Crippen LogP contribution in [-0.4, -0.2) is 24.5 Å². The highest BCUT2D eigenvalue weighted by molar-refractivity contribution is 5.18. The van der Waals surface area contributed by atoms with E-state index in [9.17, 15) is 0 Å². The summed E-state index contributed by atoms with van der Waals surface area (Å²) in [4.78, 5) is 2.50. The summed E-state index contributed by atoms with van der Waals surface area (Å²) in [5, 5.41) is 0. The van der Waals surface area contributed by atoms with Crippen LogP contribution in [0.3, 0.4) is 0 Å². The summed E-state index contributed by atoms with van der Waals surface area (Å²) in [7, 11) is 2.25. The van der Waals surface area contributed by atoms with Crippen LogP contribution >= 0.6 is 0 Å². The minimum absolute atomic E-state index is 0.389. The third-order valence-electron chi connectivity index (χ3n) is 4.30. The highest BCUT2D eigenvalue weighted by atomic mass is 15.1. The zero-order valence-electron chi connectivity index (χ0n) is 10.4. The van der Waals surface area contributed by atoms with Crippen LogP contribution in [0, 0.1) is 5.41 Å². The van der Waals surface area contributed by atoms with Crippen molar-refractivity contribution in [2.45, 2.75) is 53.0 Å². The van der Waals surface area contributed by atoms with Gasteiger partial charge in [-0.25, -0.2) is 0 Å². The van der Waals surface area contributed by atoms with Gasteiger partial charge in [0, 0.05) is 18.0 Å². The van der Waals surface area contributed by atoms with Crippen molar-refractivity contribution in [3.63, 3.8) is 0 Å². The molecule has 0 saturated carbocycles. The normalized spacial score (nSPS) is 35.2. The molecule has 0 amide bonds. The highest BCUT2D eigenvalue weighted by Crippen LogP contribution is 2.40. The molecule has 1 heteroatoms. The lowest BCUT2D eigenvalue weighted by atomic mass is 9.73. The number of nitrogens with zero attached hydrogens (tertiary/aromatic N) is 1. The second-order valence-electron chi connectivity index (χ2n) is 4.80. The molecule has 0 fully saturated rings. The molecule has 1 heterocycles. The molecule has 1 aliphatic heterocycles. The van der Waals surface area contributed by atoms with Crippen LogP contribution in [0.2, 0.25) is 0 Å². The first-order valence-electron chi connectivity index (χ1n) is 5.96. The molecule has 1 unspecified atom stereocenters. The predicted octanol–water partition coefficient (Wildman–Crippen LogP) is 3.46. The quantitative estimate of drug-likeness (QED) is 0.610. The molecule has 82 valence electrons. The third-order valence-corrected chi connectivity index (χ3v) is 4.30. The van der Waals surface area contributed by atoms with Gasteiger partial charge < -0.3 is 4.90 Å². The molecule has 0 aliphatic carbocycles. The Balaban J connectivity index is 3.00. The second-order valence-corrected chi connectivity index (χ2v) is 4.80. The van der Waals surface area contributed by atoms with Gasteiger partial charge in [0.15, 0.2) is 0 Å². The molecule has 0 bridgehead atoms. The van der Waals surface area contributed by atoms with Crippen molar-refractivity contribution in [3.8, 4) is 0 Å². The maximum atomic E-state index is 2.50. The van der Waals surface area contributed by atoms with Crippen molar-refractivity contribution in [1.29, 1.82) is 0 Å². The van der Waals surface area contributed by atoms with E-state index >= 15 is 0 Å². The van der Waals surface area contributed by atoms with E-state index in [1.807, 2.05) is 0 Å². The zero-order valence-corrected chi connectivity index (χ0v) is 10.4. The van der Waals surface area contributed by atoms with Gasteiger partial charge in [0.2, 0.25) is 0 Å². The van der Waals surface area contributed by atoms with E-state index in [0.717, 1.165) is 0 Å². The Morgan fingerprint density at radius 2 is 2.14 bits per heavy atom. The smallest absolute Gasteiger partial charge is 0.0155 e. The summed E-state index contributed by atoms with van der Waals surface area (Å²) in [5.74, 6) is 0. The first-order chi connectivity index (χ1) is 6.56. The lowest BCUT2D eigenvalue weighted by Crippen LogP contribution is -2.42. The molecule has 0 saturated heterocycles.